The van der Waals surface area contributed by atoms with Crippen molar-refractivity contribution in [2.45, 2.75) is 31.3 Å². The Bertz CT molecular complexity index is 312. The zero-order valence-electron chi connectivity index (χ0n) is 10.6. The van der Waals surface area contributed by atoms with Crippen molar-refractivity contribution < 1.29 is 18.3 Å². The second-order valence-electron chi connectivity index (χ2n) is 5.36. The number of carbonyl (C=O) groups is 1. The lowest BCUT2D eigenvalue weighted by Gasteiger charge is -2.30. The van der Waals surface area contributed by atoms with Crippen molar-refractivity contribution in [2.24, 2.45) is 5.92 Å². The molecule has 18 heavy (non-hydrogen) atoms. The number of nitrogens with zero attached hydrogens (tertiary/aromatic N) is 1. The molecule has 0 aliphatic carbocycles. The van der Waals surface area contributed by atoms with Crippen LogP contribution in [0.25, 0.3) is 0 Å². The molecule has 0 saturated carbocycles. The molecule has 0 aromatic heterocycles. The summed E-state index contributed by atoms with van der Waals surface area (Å²) >= 11 is 0. The van der Waals surface area contributed by atoms with Gasteiger partial charge in [0.2, 0.25) is 0 Å². The Morgan fingerprint density at radius 2 is 2.28 bits per heavy atom. The molecule has 2 fully saturated rings. The maximum Gasteiger partial charge on any atom is 0.377 e. The summed E-state index contributed by atoms with van der Waals surface area (Å²) in [4.78, 5) is 13.1. The average Bonchev–Trinajstić information content (AvgIpc) is 2.53. The molecule has 0 radical (unpaired) electrons. The second kappa shape index (κ2) is 5.48. The van der Waals surface area contributed by atoms with Crippen LogP contribution in [-0.2, 0) is 9.53 Å². The van der Waals surface area contributed by atoms with E-state index in [1.807, 2.05) is 0 Å². The monoisotopic (exact) mass is 262 g/mol. The van der Waals surface area contributed by atoms with E-state index in [2.05, 4.69) is 22.0 Å². The van der Waals surface area contributed by atoms with Crippen LogP contribution in [-0.4, -0.2) is 56.1 Å². The number of hydrogen-bond donors (Lipinski definition) is 1. The predicted octanol–water partition coefficient (Wildman–Crippen LogP) is 0.869. The second-order valence-corrected chi connectivity index (χ2v) is 5.36. The molecule has 0 aromatic rings. The van der Waals surface area contributed by atoms with Gasteiger partial charge in [-0.2, -0.15) is 8.78 Å². The van der Waals surface area contributed by atoms with E-state index < -0.39 is 24.4 Å². The topological polar surface area (TPSA) is 41.6 Å². The minimum atomic E-state index is -3.29. The van der Waals surface area contributed by atoms with Gasteiger partial charge in [0.1, 0.15) is 6.10 Å². The van der Waals surface area contributed by atoms with Gasteiger partial charge in [0.15, 0.2) is 0 Å². The lowest BCUT2D eigenvalue weighted by molar-refractivity contribution is -0.159. The number of piperidine rings is 1. The number of cyclic esters (lactones) is 1. The van der Waals surface area contributed by atoms with Crippen molar-refractivity contribution >= 4 is 5.97 Å². The Kier molecular flexibility index (Phi) is 4.17. The van der Waals surface area contributed by atoms with Crippen molar-refractivity contribution in [3.05, 3.63) is 0 Å². The molecule has 0 spiro atoms. The number of alkyl halides is 2. The minimum absolute atomic E-state index is 0.321. The smallest absolute Gasteiger partial charge is 0.377 e. The molecule has 2 unspecified atom stereocenters. The largest absolute Gasteiger partial charge is 0.456 e. The quantitative estimate of drug-likeness (QED) is 0.763. The van der Waals surface area contributed by atoms with Gasteiger partial charge in [-0.25, -0.2) is 4.79 Å². The van der Waals surface area contributed by atoms with Crippen LogP contribution >= 0.6 is 0 Å². The van der Waals surface area contributed by atoms with Crippen molar-refractivity contribution in [2.75, 3.05) is 33.2 Å². The molecular formula is C12H20F2N2O2. The van der Waals surface area contributed by atoms with E-state index in [9.17, 15) is 13.6 Å². The molecule has 2 rings (SSSR count). The fourth-order valence-electron chi connectivity index (χ4n) is 2.65. The highest BCUT2D eigenvalue weighted by atomic mass is 19.3. The molecule has 4 nitrogen and oxygen atoms in total. The van der Waals surface area contributed by atoms with Crippen molar-refractivity contribution in [1.82, 2.24) is 10.2 Å². The predicted molar refractivity (Wildman–Crippen MR) is 62.5 cm³/mol. The van der Waals surface area contributed by atoms with Gasteiger partial charge in [-0.3, -0.25) is 0 Å². The summed E-state index contributed by atoms with van der Waals surface area (Å²) in [7, 11) is 2.09. The Hall–Kier alpha value is -0.750. The van der Waals surface area contributed by atoms with Crippen molar-refractivity contribution in [3.63, 3.8) is 0 Å². The first kappa shape index (κ1) is 13.7. The summed E-state index contributed by atoms with van der Waals surface area (Å²) in [5, 5.41) is 3.14. The Morgan fingerprint density at radius 1 is 1.50 bits per heavy atom. The van der Waals surface area contributed by atoms with E-state index in [4.69, 9.17) is 0 Å². The maximum atomic E-state index is 12.9. The summed E-state index contributed by atoms with van der Waals surface area (Å²) in [6, 6.07) is 0. The van der Waals surface area contributed by atoms with E-state index in [1.54, 1.807) is 0 Å². The van der Waals surface area contributed by atoms with Crippen LogP contribution in [0, 0.1) is 5.92 Å². The molecule has 2 saturated heterocycles. The fraction of sp³-hybridized carbons (Fsp3) is 0.917. The summed E-state index contributed by atoms with van der Waals surface area (Å²) in [6.07, 6.45) is 1.16. The third kappa shape index (κ3) is 3.38. The molecule has 2 heterocycles. The molecular weight excluding hydrogens is 242 g/mol. The Labute approximate surface area is 106 Å². The van der Waals surface area contributed by atoms with Crippen LogP contribution in [0.1, 0.15) is 19.3 Å². The van der Waals surface area contributed by atoms with E-state index in [1.165, 1.54) is 6.42 Å². The van der Waals surface area contributed by atoms with Crippen molar-refractivity contribution in [1.29, 1.82) is 0 Å². The van der Waals surface area contributed by atoms with Gasteiger partial charge < -0.3 is 15.0 Å². The molecule has 2 aliphatic rings. The number of esters is 1. The minimum Gasteiger partial charge on any atom is -0.456 e. The van der Waals surface area contributed by atoms with Crippen LogP contribution in [0.15, 0.2) is 0 Å². The van der Waals surface area contributed by atoms with Crippen LogP contribution in [0.4, 0.5) is 8.78 Å². The molecule has 2 aliphatic heterocycles. The van der Waals surface area contributed by atoms with Gasteiger partial charge >= 0.3 is 11.9 Å². The first-order valence-electron chi connectivity index (χ1n) is 6.45. The maximum absolute atomic E-state index is 12.9. The molecule has 0 aromatic carbocycles. The van der Waals surface area contributed by atoms with Gasteiger partial charge in [-0.05, 0) is 38.9 Å². The van der Waals surface area contributed by atoms with Crippen LogP contribution in [0.5, 0.6) is 0 Å². The van der Waals surface area contributed by atoms with Gasteiger partial charge in [0.05, 0.1) is 6.42 Å². The molecule has 6 heteroatoms. The molecule has 104 valence electrons. The SMILES string of the molecule is CN1CCCC(CNCC2CC(F)(F)C(=O)O2)C1. The van der Waals surface area contributed by atoms with Gasteiger partial charge in [-0.1, -0.05) is 0 Å². The fourth-order valence-corrected chi connectivity index (χ4v) is 2.65. The number of carbonyl (C=O) groups excluding carboxylic acids is 1. The third-order valence-electron chi connectivity index (χ3n) is 3.58. The number of halogens is 2. The third-order valence-corrected chi connectivity index (χ3v) is 3.58. The Morgan fingerprint density at radius 3 is 2.89 bits per heavy atom. The highest BCUT2D eigenvalue weighted by molar-refractivity contribution is 5.79. The molecule has 2 atom stereocenters. The normalized spacial score (nSPS) is 32.5. The van der Waals surface area contributed by atoms with E-state index >= 15 is 0 Å². The number of rotatable bonds is 4. The van der Waals surface area contributed by atoms with Crippen LogP contribution in [0.3, 0.4) is 0 Å². The Balaban J connectivity index is 1.66. The van der Waals surface area contributed by atoms with Crippen LogP contribution in [0.2, 0.25) is 0 Å². The summed E-state index contributed by atoms with van der Waals surface area (Å²) in [5.74, 6) is -4.12. The lowest BCUT2D eigenvalue weighted by atomic mass is 9.98. The molecule has 1 N–H and O–H groups in total. The zero-order chi connectivity index (χ0) is 13.2. The van der Waals surface area contributed by atoms with E-state index in [0.29, 0.717) is 12.5 Å². The summed E-state index contributed by atoms with van der Waals surface area (Å²) in [6.45, 7) is 3.28. The van der Waals surface area contributed by atoms with Gasteiger partial charge in [0.25, 0.3) is 0 Å². The number of ether oxygens (including phenoxy) is 1. The van der Waals surface area contributed by atoms with Crippen molar-refractivity contribution in [3.8, 4) is 0 Å². The summed E-state index contributed by atoms with van der Waals surface area (Å²) in [5.41, 5.74) is 0. The standard InChI is InChI=1S/C12H20F2N2O2/c1-16-4-2-3-9(8-16)6-15-7-10-5-12(13,14)11(17)18-10/h9-10,15H,2-8H2,1H3. The van der Waals surface area contributed by atoms with E-state index in [-0.39, 0.29) is 0 Å². The highest BCUT2D eigenvalue weighted by Crippen LogP contribution is 2.30. The lowest BCUT2D eigenvalue weighted by Crippen LogP contribution is -2.39. The molecule has 0 bridgehead atoms. The van der Waals surface area contributed by atoms with Gasteiger partial charge in [0, 0.05) is 13.1 Å². The number of likely N-dealkylation sites (tertiary alicyclic amines) is 1. The highest BCUT2D eigenvalue weighted by Gasteiger charge is 2.50. The van der Waals surface area contributed by atoms with Crippen LogP contribution < -0.4 is 5.32 Å². The number of hydrogen-bond acceptors (Lipinski definition) is 4. The molecule has 0 amide bonds. The summed E-state index contributed by atoms with van der Waals surface area (Å²) < 4.78 is 30.4. The zero-order valence-corrected chi connectivity index (χ0v) is 10.6. The first-order chi connectivity index (χ1) is 8.47. The average molecular weight is 262 g/mol. The van der Waals surface area contributed by atoms with Gasteiger partial charge in [-0.15, -0.1) is 0 Å². The van der Waals surface area contributed by atoms with E-state index in [0.717, 1.165) is 26.1 Å². The number of nitrogens with one attached hydrogen (secondary N) is 1. The first-order valence-corrected chi connectivity index (χ1v) is 6.45.